The molecule has 0 spiro atoms. The van der Waals surface area contributed by atoms with Crippen molar-refractivity contribution in [1.82, 2.24) is 19.5 Å². The van der Waals surface area contributed by atoms with Crippen LogP contribution in [0.15, 0.2) is 36.9 Å². The molecule has 0 unspecified atom stereocenters. The SMILES string of the molecule is CCCCCC(=O)n1c(OC)nc2cc(-c3cncnc3)ccc21. The van der Waals surface area contributed by atoms with Crippen LogP contribution in [0.1, 0.15) is 37.4 Å². The molecule has 0 fully saturated rings. The number of nitrogens with zero attached hydrogens (tertiary/aromatic N) is 4. The van der Waals surface area contributed by atoms with E-state index in [0.717, 1.165) is 41.4 Å². The first-order valence-corrected chi connectivity index (χ1v) is 8.09. The van der Waals surface area contributed by atoms with E-state index in [1.165, 1.54) is 13.4 Å². The van der Waals surface area contributed by atoms with Crippen LogP contribution in [0.5, 0.6) is 6.01 Å². The summed E-state index contributed by atoms with van der Waals surface area (Å²) in [5.41, 5.74) is 3.34. The van der Waals surface area contributed by atoms with E-state index >= 15 is 0 Å². The Morgan fingerprint density at radius 2 is 1.96 bits per heavy atom. The van der Waals surface area contributed by atoms with Crippen molar-refractivity contribution >= 4 is 16.9 Å². The van der Waals surface area contributed by atoms with Crippen LogP contribution >= 0.6 is 0 Å². The maximum Gasteiger partial charge on any atom is 0.304 e. The van der Waals surface area contributed by atoms with Gasteiger partial charge < -0.3 is 4.74 Å². The Labute approximate surface area is 140 Å². The molecule has 0 aliphatic rings. The number of hydrogen-bond donors (Lipinski definition) is 0. The van der Waals surface area contributed by atoms with Crippen LogP contribution in [0.4, 0.5) is 0 Å². The molecule has 2 heterocycles. The van der Waals surface area contributed by atoms with Crippen molar-refractivity contribution in [3.05, 3.63) is 36.9 Å². The van der Waals surface area contributed by atoms with Crippen LogP contribution in [0.3, 0.4) is 0 Å². The number of hydrogen-bond acceptors (Lipinski definition) is 5. The molecule has 3 rings (SSSR count). The van der Waals surface area contributed by atoms with Crippen LogP contribution < -0.4 is 4.74 Å². The molecule has 3 aromatic rings. The van der Waals surface area contributed by atoms with Crippen LogP contribution in [0.25, 0.3) is 22.2 Å². The number of carbonyl (C=O) groups is 1. The zero-order valence-electron chi connectivity index (χ0n) is 13.9. The van der Waals surface area contributed by atoms with Gasteiger partial charge in [0.15, 0.2) is 0 Å². The van der Waals surface area contributed by atoms with Gasteiger partial charge in [-0.15, -0.1) is 0 Å². The highest BCUT2D eigenvalue weighted by Gasteiger charge is 2.17. The summed E-state index contributed by atoms with van der Waals surface area (Å²) in [5, 5.41) is 0. The predicted octanol–water partition coefficient (Wildman–Crippen LogP) is 3.72. The van der Waals surface area contributed by atoms with E-state index in [2.05, 4.69) is 21.9 Å². The summed E-state index contributed by atoms with van der Waals surface area (Å²) in [4.78, 5) is 25.1. The number of aromatic nitrogens is 4. The topological polar surface area (TPSA) is 69.9 Å². The Balaban J connectivity index is 1.99. The summed E-state index contributed by atoms with van der Waals surface area (Å²) in [7, 11) is 1.53. The number of carbonyl (C=O) groups excluding carboxylic acids is 1. The number of ether oxygens (including phenoxy) is 1. The molecule has 0 bridgehead atoms. The summed E-state index contributed by atoms with van der Waals surface area (Å²) in [6.45, 7) is 2.12. The van der Waals surface area contributed by atoms with Crippen LogP contribution in [0.2, 0.25) is 0 Å². The summed E-state index contributed by atoms with van der Waals surface area (Å²) < 4.78 is 6.88. The molecule has 124 valence electrons. The second kappa shape index (κ2) is 7.21. The summed E-state index contributed by atoms with van der Waals surface area (Å²) >= 11 is 0. The van der Waals surface area contributed by atoms with Crippen molar-refractivity contribution in [3.8, 4) is 17.1 Å². The fourth-order valence-electron chi connectivity index (χ4n) is 2.70. The van der Waals surface area contributed by atoms with Gasteiger partial charge in [0.25, 0.3) is 0 Å². The van der Waals surface area contributed by atoms with E-state index in [1.807, 2.05) is 18.2 Å². The molecule has 2 aromatic heterocycles. The van der Waals surface area contributed by atoms with Gasteiger partial charge in [-0.3, -0.25) is 4.79 Å². The van der Waals surface area contributed by atoms with E-state index in [1.54, 1.807) is 17.0 Å². The van der Waals surface area contributed by atoms with Gasteiger partial charge >= 0.3 is 6.01 Å². The van der Waals surface area contributed by atoms with Gasteiger partial charge in [-0.05, 0) is 24.1 Å². The molecule has 0 atom stereocenters. The third-order valence-corrected chi connectivity index (χ3v) is 3.94. The molecule has 0 saturated carbocycles. The standard InChI is InChI=1S/C18H20N4O2/c1-3-4-5-6-17(23)22-16-8-7-13(14-10-19-12-20-11-14)9-15(16)21-18(22)24-2/h7-12H,3-6H2,1-2H3. The highest BCUT2D eigenvalue weighted by molar-refractivity contribution is 5.93. The van der Waals surface area contributed by atoms with Crippen molar-refractivity contribution in [2.24, 2.45) is 0 Å². The second-order valence-corrected chi connectivity index (χ2v) is 5.62. The number of benzene rings is 1. The number of rotatable bonds is 6. The molecular formula is C18H20N4O2. The van der Waals surface area contributed by atoms with Gasteiger partial charge in [0, 0.05) is 24.4 Å². The largest absolute Gasteiger partial charge is 0.468 e. The molecule has 6 nitrogen and oxygen atoms in total. The average Bonchev–Trinajstić information content (AvgIpc) is 3.00. The second-order valence-electron chi connectivity index (χ2n) is 5.62. The van der Waals surface area contributed by atoms with E-state index in [-0.39, 0.29) is 5.91 Å². The highest BCUT2D eigenvalue weighted by atomic mass is 16.5. The lowest BCUT2D eigenvalue weighted by atomic mass is 10.1. The first-order valence-electron chi connectivity index (χ1n) is 8.09. The number of imidazole rings is 1. The number of unbranched alkanes of at least 4 members (excludes halogenated alkanes) is 2. The minimum Gasteiger partial charge on any atom is -0.468 e. The smallest absolute Gasteiger partial charge is 0.304 e. The Morgan fingerprint density at radius 3 is 2.67 bits per heavy atom. The Morgan fingerprint density at radius 1 is 1.17 bits per heavy atom. The van der Waals surface area contributed by atoms with Gasteiger partial charge in [-0.2, -0.15) is 4.98 Å². The molecule has 0 amide bonds. The Bertz CT molecular complexity index is 843. The third-order valence-electron chi connectivity index (χ3n) is 3.94. The number of methoxy groups -OCH3 is 1. The molecule has 24 heavy (non-hydrogen) atoms. The third kappa shape index (κ3) is 3.13. The van der Waals surface area contributed by atoms with Gasteiger partial charge in [-0.1, -0.05) is 25.8 Å². The van der Waals surface area contributed by atoms with Crippen molar-refractivity contribution in [2.75, 3.05) is 7.11 Å². The molecule has 6 heteroatoms. The lowest BCUT2D eigenvalue weighted by molar-refractivity contribution is 0.0893. The summed E-state index contributed by atoms with van der Waals surface area (Å²) in [6, 6.07) is 6.09. The summed E-state index contributed by atoms with van der Waals surface area (Å²) in [5.74, 6) is 0.0126. The first-order chi connectivity index (χ1) is 11.7. The van der Waals surface area contributed by atoms with Crippen molar-refractivity contribution in [3.63, 3.8) is 0 Å². The van der Waals surface area contributed by atoms with E-state index in [9.17, 15) is 4.79 Å². The maximum absolute atomic E-state index is 12.6. The normalized spacial score (nSPS) is 10.9. The van der Waals surface area contributed by atoms with E-state index in [4.69, 9.17) is 4.74 Å². The van der Waals surface area contributed by atoms with Gasteiger partial charge in [0.1, 0.15) is 6.33 Å². The van der Waals surface area contributed by atoms with Crippen molar-refractivity contribution < 1.29 is 9.53 Å². The Hall–Kier alpha value is -2.76. The van der Waals surface area contributed by atoms with E-state index < -0.39 is 0 Å². The van der Waals surface area contributed by atoms with Crippen molar-refractivity contribution in [2.45, 2.75) is 32.6 Å². The lowest BCUT2D eigenvalue weighted by Gasteiger charge is -2.06. The zero-order chi connectivity index (χ0) is 16.9. The molecule has 0 saturated heterocycles. The molecule has 0 aliphatic heterocycles. The maximum atomic E-state index is 12.6. The lowest BCUT2D eigenvalue weighted by Crippen LogP contribution is -2.11. The first kappa shape index (κ1) is 16.1. The molecule has 0 radical (unpaired) electrons. The van der Waals surface area contributed by atoms with Crippen LogP contribution in [0, 0.1) is 0 Å². The summed E-state index contributed by atoms with van der Waals surface area (Å²) in [6.07, 6.45) is 8.48. The fraction of sp³-hybridized carbons (Fsp3) is 0.333. The minimum absolute atomic E-state index is 0.0126. The van der Waals surface area contributed by atoms with Crippen molar-refractivity contribution in [1.29, 1.82) is 0 Å². The average molecular weight is 324 g/mol. The van der Waals surface area contributed by atoms with Crippen LogP contribution in [-0.4, -0.2) is 32.5 Å². The monoisotopic (exact) mass is 324 g/mol. The molecule has 0 aliphatic carbocycles. The van der Waals surface area contributed by atoms with Gasteiger partial charge in [-0.25, -0.2) is 14.5 Å². The Kier molecular flexibility index (Phi) is 4.84. The minimum atomic E-state index is 0.0126. The molecule has 1 aromatic carbocycles. The molecule has 0 N–H and O–H groups in total. The van der Waals surface area contributed by atoms with Gasteiger partial charge in [0.05, 0.1) is 18.1 Å². The quantitative estimate of drug-likeness (QED) is 0.646. The predicted molar refractivity (Wildman–Crippen MR) is 92.1 cm³/mol. The number of fused-ring (bicyclic) bond motifs is 1. The molecular weight excluding hydrogens is 304 g/mol. The van der Waals surface area contributed by atoms with E-state index in [0.29, 0.717) is 12.4 Å². The van der Waals surface area contributed by atoms with Crippen LogP contribution in [-0.2, 0) is 0 Å². The highest BCUT2D eigenvalue weighted by Crippen LogP contribution is 2.27. The fourth-order valence-corrected chi connectivity index (χ4v) is 2.70. The zero-order valence-corrected chi connectivity index (χ0v) is 13.9. The van der Waals surface area contributed by atoms with Gasteiger partial charge in [0.2, 0.25) is 5.91 Å².